The molecule has 5 nitrogen and oxygen atoms in total. The van der Waals surface area contributed by atoms with Gasteiger partial charge in [-0.1, -0.05) is 12.1 Å². The number of hydrogen-bond donors (Lipinski definition) is 0. The van der Waals surface area contributed by atoms with Crippen molar-refractivity contribution in [1.29, 1.82) is 0 Å². The van der Waals surface area contributed by atoms with Crippen LogP contribution in [-0.2, 0) is 24.3 Å². The van der Waals surface area contributed by atoms with E-state index in [0.717, 1.165) is 54.8 Å². The Balaban J connectivity index is 1.50. The van der Waals surface area contributed by atoms with E-state index in [1.165, 1.54) is 11.3 Å². The number of rotatable bonds is 4. The standard InChI is InChI=1S/C21H22N4O/c1-24-6-7-25-19(12-23-21(25)13-24)15-4-5-16-11-22-18(9-17(16)8-15)10-20(26)14-2-3-14/h4-5,8-9,11-12,14H,2-3,6-7,10,13H2,1H3. The van der Waals surface area contributed by atoms with Crippen LogP contribution in [0.25, 0.3) is 22.0 Å². The first-order chi connectivity index (χ1) is 12.7. The number of Topliss-reactive ketones (excluding diaryl/α,β-unsaturated/α-hetero) is 1. The number of aromatic nitrogens is 3. The minimum Gasteiger partial charge on any atom is -0.326 e. The van der Waals surface area contributed by atoms with Gasteiger partial charge in [0.15, 0.2) is 0 Å². The third kappa shape index (κ3) is 2.82. The Kier molecular flexibility index (Phi) is 3.64. The highest BCUT2D eigenvalue weighted by atomic mass is 16.1. The molecule has 5 heteroatoms. The van der Waals surface area contributed by atoms with E-state index < -0.39 is 0 Å². The SMILES string of the molecule is CN1CCn2c(-c3ccc4cnc(CC(=O)C5CC5)cc4c3)cnc2C1. The summed E-state index contributed by atoms with van der Waals surface area (Å²) in [7, 11) is 2.13. The van der Waals surface area contributed by atoms with Gasteiger partial charge in [-0.3, -0.25) is 14.7 Å². The van der Waals surface area contributed by atoms with E-state index in [-0.39, 0.29) is 5.92 Å². The van der Waals surface area contributed by atoms with Crippen molar-refractivity contribution < 1.29 is 4.79 Å². The zero-order valence-corrected chi connectivity index (χ0v) is 15.0. The second-order valence-corrected chi connectivity index (χ2v) is 7.60. The fourth-order valence-electron chi connectivity index (χ4n) is 3.78. The van der Waals surface area contributed by atoms with E-state index in [0.29, 0.717) is 12.2 Å². The average Bonchev–Trinajstić information content (AvgIpc) is 3.41. The molecule has 0 saturated heterocycles. The summed E-state index contributed by atoms with van der Waals surface area (Å²) in [5.74, 6) is 1.75. The van der Waals surface area contributed by atoms with Crippen LogP contribution in [0.15, 0.2) is 36.7 Å². The van der Waals surface area contributed by atoms with Crippen LogP contribution in [0.3, 0.4) is 0 Å². The molecule has 1 aliphatic carbocycles. The summed E-state index contributed by atoms with van der Waals surface area (Å²) in [6.07, 6.45) is 6.43. The third-order valence-corrected chi connectivity index (χ3v) is 5.52. The first-order valence-electron chi connectivity index (χ1n) is 9.32. The normalized spacial score (nSPS) is 17.4. The molecule has 0 radical (unpaired) electrons. The Hall–Kier alpha value is -2.53. The van der Waals surface area contributed by atoms with Crippen molar-refractivity contribution in [1.82, 2.24) is 19.4 Å². The lowest BCUT2D eigenvalue weighted by Crippen LogP contribution is -2.30. The van der Waals surface area contributed by atoms with E-state index in [4.69, 9.17) is 0 Å². The van der Waals surface area contributed by atoms with Gasteiger partial charge in [0.2, 0.25) is 0 Å². The van der Waals surface area contributed by atoms with Crippen LogP contribution >= 0.6 is 0 Å². The minimum absolute atomic E-state index is 0.287. The molecule has 0 atom stereocenters. The van der Waals surface area contributed by atoms with Crippen molar-refractivity contribution in [3.05, 3.63) is 48.2 Å². The monoisotopic (exact) mass is 346 g/mol. The second-order valence-electron chi connectivity index (χ2n) is 7.60. The van der Waals surface area contributed by atoms with Crippen LogP contribution in [0.4, 0.5) is 0 Å². The molecule has 5 rings (SSSR count). The fourth-order valence-corrected chi connectivity index (χ4v) is 3.78. The molecule has 2 aliphatic rings. The maximum absolute atomic E-state index is 12.1. The lowest BCUT2D eigenvalue weighted by atomic mass is 10.0. The molecule has 3 aromatic rings. The number of hydrogen-bond acceptors (Lipinski definition) is 4. The van der Waals surface area contributed by atoms with Crippen molar-refractivity contribution in [2.75, 3.05) is 13.6 Å². The highest BCUT2D eigenvalue weighted by Crippen LogP contribution is 2.31. The largest absolute Gasteiger partial charge is 0.326 e. The summed E-state index contributed by atoms with van der Waals surface area (Å²) >= 11 is 0. The predicted octanol–water partition coefficient (Wildman–Crippen LogP) is 3.07. The van der Waals surface area contributed by atoms with Crippen molar-refractivity contribution in [2.45, 2.75) is 32.4 Å². The molecular weight excluding hydrogens is 324 g/mol. The number of imidazole rings is 1. The van der Waals surface area contributed by atoms with Gasteiger partial charge in [-0.05, 0) is 37.4 Å². The Morgan fingerprint density at radius 3 is 2.85 bits per heavy atom. The van der Waals surface area contributed by atoms with Crippen LogP contribution in [-0.4, -0.2) is 38.8 Å². The van der Waals surface area contributed by atoms with Crippen molar-refractivity contribution >= 4 is 16.6 Å². The Bertz CT molecular complexity index is 1000. The highest BCUT2D eigenvalue weighted by molar-refractivity contribution is 5.89. The summed E-state index contributed by atoms with van der Waals surface area (Å²) in [6.45, 7) is 2.91. The molecule has 26 heavy (non-hydrogen) atoms. The van der Waals surface area contributed by atoms with Gasteiger partial charge in [-0.2, -0.15) is 0 Å². The first kappa shape index (κ1) is 15.7. The molecule has 1 aliphatic heterocycles. The van der Waals surface area contributed by atoms with Crippen LogP contribution in [0.5, 0.6) is 0 Å². The average molecular weight is 346 g/mol. The predicted molar refractivity (Wildman–Crippen MR) is 101 cm³/mol. The number of carbonyl (C=O) groups excluding carboxylic acids is 1. The first-order valence-corrected chi connectivity index (χ1v) is 9.32. The molecule has 132 valence electrons. The molecular formula is C21H22N4O. The van der Waals surface area contributed by atoms with E-state index in [9.17, 15) is 4.79 Å². The Morgan fingerprint density at radius 2 is 2.00 bits per heavy atom. The number of pyridine rings is 1. The quantitative estimate of drug-likeness (QED) is 0.728. The van der Waals surface area contributed by atoms with Crippen LogP contribution in [0.1, 0.15) is 24.4 Å². The van der Waals surface area contributed by atoms with Gasteiger partial charge < -0.3 is 4.57 Å². The molecule has 0 bridgehead atoms. The van der Waals surface area contributed by atoms with Gasteiger partial charge >= 0.3 is 0 Å². The van der Waals surface area contributed by atoms with Gasteiger partial charge in [0.05, 0.1) is 18.4 Å². The molecule has 0 unspecified atom stereocenters. The Labute approximate surface area is 152 Å². The Morgan fingerprint density at radius 1 is 1.12 bits per heavy atom. The molecule has 2 aromatic heterocycles. The number of ketones is 1. The summed E-state index contributed by atoms with van der Waals surface area (Å²) in [4.78, 5) is 23.5. The van der Waals surface area contributed by atoms with Crippen molar-refractivity contribution in [3.63, 3.8) is 0 Å². The van der Waals surface area contributed by atoms with Gasteiger partial charge in [0.25, 0.3) is 0 Å². The van der Waals surface area contributed by atoms with Crippen LogP contribution in [0.2, 0.25) is 0 Å². The van der Waals surface area contributed by atoms with E-state index in [1.807, 2.05) is 12.4 Å². The second kappa shape index (κ2) is 6.02. The molecule has 1 aromatic carbocycles. The molecule has 1 saturated carbocycles. The minimum atomic E-state index is 0.287. The van der Waals surface area contributed by atoms with Crippen LogP contribution in [0, 0.1) is 5.92 Å². The molecule has 1 fully saturated rings. The molecule has 0 spiro atoms. The number of benzene rings is 1. The topological polar surface area (TPSA) is 51.0 Å². The summed E-state index contributed by atoms with van der Waals surface area (Å²) in [5.41, 5.74) is 3.22. The molecule has 3 heterocycles. The van der Waals surface area contributed by atoms with Crippen molar-refractivity contribution in [3.8, 4) is 11.3 Å². The number of nitrogens with zero attached hydrogens (tertiary/aromatic N) is 4. The van der Waals surface area contributed by atoms with Gasteiger partial charge in [-0.25, -0.2) is 4.98 Å². The molecule has 0 N–H and O–H groups in total. The fraction of sp³-hybridized carbons (Fsp3) is 0.381. The smallest absolute Gasteiger partial charge is 0.141 e. The summed E-state index contributed by atoms with van der Waals surface area (Å²) < 4.78 is 2.32. The van der Waals surface area contributed by atoms with Gasteiger partial charge in [-0.15, -0.1) is 0 Å². The zero-order valence-electron chi connectivity index (χ0n) is 15.0. The maximum atomic E-state index is 12.1. The van der Waals surface area contributed by atoms with E-state index in [1.54, 1.807) is 0 Å². The number of fused-ring (bicyclic) bond motifs is 2. The highest BCUT2D eigenvalue weighted by Gasteiger charge is 2.29. The number of likely N-dealkylation sites (N-methyl/N-ethyl adjacent to an activating group) is 1. The molecule has 0 amide bonds. The lowest BCUT2D eigenvalue weighted by Gasteiger charge is -2.24. The lowest BCUT2D eigenvalue weighted by molar-refractivity contribution is -0.119. The van der Waals surface area contributed by atoms with E-state index in [2.05, 4.69) is 50.7 Å². The third-order valence-electron chi connectivity index (χ3n) is 5.52. The maximum Gasteiger partial charge on any atom is 0.141 e. The van der Waals surface area contributed by atoms with Gasteiger partial charge in [0, 0.05) is 48.3 Å². The van der Waals surface area contributed by atoms with E-state index >= 15 is 0 Å². The summed E-state index contributed by atoms with van der Waals surface area (Å²) in [5, 5.41) is 2.24. The number of carbonyl (C=O) groups is 1. The summed E-state index contributed by atoms with van der Waals surface area (Å²) in [6, 6.07) is 8.52. The van der Waals surface area contributed by atoms with Crippen molar-refractivity contribution in [2.24, 2.45) is 5.92 Å². The van der Waals surface area contributed by atoms with Gasteiger partial charge in [0.1, 0.15) is 11.6 Å². The zero-order chi connectivity index (χ0) is 17.7. The van der Waals surface area contributed by atoms with Crippen LogP contribution < -0.4 is 0 Å².